The molecule has 2 aromatic rings. The first kappa shape index (κ1) is 8.17. The summed E-state index contributed by atoms with van der Waals surface area (Å²) >= 11 is 1.48. The molecule has 0 spiro atoms. The van der Waals surface area contributed by atoms with E-state index in [4.69, 9.17) is 4.52 Å². The Bertz CT molecular complexity index is 481. The fourth-order valence-electron chi connectivity index (χ4n) is 1.59. The van der Waals surface area contributed by atoms with Crippen LogP contribution in [0.1, 0.15) is 28.2 Å². The highest BCUT2D eigenvalue weighted by molar-refractivity contribution is 7.20. The van der Waals surface area contributed by atoms with Crippen LogP contribution in [0.3, 0.4) is 0 Å². The van der Waals surface area contributed by atoms with Gasteiger partial charge in [0.1, 0.15) is 5.69 Å². The standard InChI is InChI=1S/C10H9NO2S/c12-5-7-4-9-10(14-7)8(11-13-9)3-6-1-2-6/h4-6H,1-3H2. The molecular formula is C10H9NO2S. The summed E-state index contributed by atoms with van der Waals surface area (Å²) < 4.78 is 6.22. The average Bonchev–Trinajstić information content (AvgIpc) is 2.77. The predicted molar refractivity (Wildman–Crippen MR) is 53.7 cm³/mol. The molecule has 1 aliphatic carbocycles. The number of nitrogens with zero attached hydrogens (tertiary/aromatic N) is 1. The van der Waals surface area contributed by atoms with Crippen LogP contribution in [0.15, 0.2) is 10.6 Å². The van der Waals surface area contributed by atoms with Gasteiger partial charge in [-0.2, -0.15) is 0 Å². The van der Waals surface area contributed by atoms with Crippen molar-refractivity contribution in [1.29, 1.82) is 0 Å². The van der Waals surface area contributed by atoms with Gasteiger partial charge < -0.3 is 4.52 Å². The third-order valence-electron chi connectivity index (χ3n) is 2.53. The number of carbonyl (C=O) groups excluding carboxylic acids is 1. The summed E-state index contributed by atoms with van der Waals surface area (Å²) in [6.07, 6.45) is 4.48. The van der Waals surface area contributed by atoms with Gasteiger partial charge in [-0.15, -0.1) is 11.3 Å². The van der Waals surface area contributed by atoms with Crippen LogP contribution in [0.2, 0.25) is 0 Å². The number of hydrogen-bond acceptors (Lipinski definition) is 4. The van der Waals surface area contributed by atoms with Crippen molar-refractivity contribution in [3.05, 3.63) is 16.6 Å². The van der Waals surface area contributed by atoms with Crippen LogP contribution in [0.25, 0.3) is 10.3 Å². The zero-order chi connectivity index (χ0) is 9.54. The molecule has 4 heteroatoms. The molecule has 0 amide bonds. The van der Waals surface area contributed by atoms with E-state index >= 15 is 0 Å². The fourth-order valence-corrected chi connectivity index (χ4v) is 2.48. The number of rotatable bonds is 3. The number of aromatic nitrogens is 1. The molecule has 1 aliphatic rings. The Balaban J connectivity index is 2.04. The van der Waals surface area contributed by atoms with Crippen LogP contribution in [0.5, 0.6) is 0 Å². The summed E-state index contributed by atoms with van der Waals surface area (Å²) in [6.45, 7) is 0. The van der Waals surface area contributed by atoms with Crippen LogP contribution in [-0.2, 0) is 6.42 Å². The van der Waals surface area contributed by atoms with Crippen molar-refractivity contribution in [2.75, 3.05) is 0 Å². The van der Waals surface area contributed by atoms with E-state index in [-0.39, 0.29) is 0 Å². The minimum atomic E-state index is 0.721. The van der Waals surface area contributed by atoms with E-state index in [0.29, 0.717) is 0 Å². The summed E-state index contributed by atoms with van der Waals surface area (Å²) in [5.41, 5.74) is 1.79. The van der Waals surface area contributed by atoms with Gasteiger partial charge in [-0.1, -0.05) is 5.16 Å². The number of carbonyl (C=O) groups is 1. The van der Waals surface area contributed by atoms with Gasteiger partial charge in [0, 0.05) is 6.07 Å². The molecule has 0 aliphatic heterocycles. The summed E-state index contributed by atoms with van der Waals surface area (Å²) in [7, 11) is 0. The van der Waals surface area contributed by atoms with Crippen molar-refractivity contribution < 1.29 is 9.32 Å². The quantitative estimate of drug-likeness (QED) is 0.727. The first-order valence-corrected chi connectivity index (χ1v) is 5.52. The molecule has 0 unspecified atom stereocenters. The lowest BCUT2D eigenvalue weighted by atomic mass is 10.2. The highest BCUT2D eigenvalue weighted by atomic mass is 32.1. The molecule has 0 N–H and O–H groups in total. The Hall–Kier alpha value is -1.16. The molecule has 0 aromatic carbocycles. The van der Waals surface area contributed by atoms with Gasteiger partial charge in [0.25, 0.3) is 0 Å². The summed E-state index contributed by atoms with van der Waals surface area (Å²) in [6, 6.07) is 1.76. The minimum Gasteiger partial charge on any atom is -0.355 e. The monoisotopic (exact) mass is 207 g/mol. The van der Waals surface area contributed by atoms with Crippen LogP contribution >= 0.6 is 11.3 Å². The van der Waals surface area contributed by atoms with Crippen LogP contribution < -0.4 is 0 Å². The number of hydrogen-bond donors (Lipinski definition) is 0. The van der Waals surface area contributed by atoms with Crippen molar-refractivity contribution in [2.45, 2.75) is 19.3 Å². The van der Waals surface area contributed by atoms with Gasteiger partial charge in [-0.3, -0.25) is 4.79 Å². The Morgan fingerprint density at radius 3 is 3.21 bits per heavy atom. The average molecular weight is 207 g/mol. The normalized spacial score (nSPS) is 16.3. The maximum atomic E-state index is 10.6. The molecule has 0 bridgehead atoms. The first-order chi connectivity index (χ1) is 6.86. The lowest BCUT2D eigenvalue weighted by Crippen LogP contribution is -1.85. The number of aldehydes is 1. The molecule has 1 fully saturated rings. The van der Waals surface area contributed by atoms with Gasteiger partial charge >= 0.3 is 0 Å². The SMILES string of the molecule is O=Cc1cc2onc(CC3CC3)c2s1. The molecular weight excluding hydrogens is 198 g/mol. The maximum Gasteiger partial charge on any atom is 0.178 e. The van der Waals surface area contributed by atoms with Crippen molar-refractivity contribution in [3.63, 3.8) is 0 Å². The van der Waals surface area contributed by atoms with Crippen LogP contribution in [0, 0.1) is 5.92 Å². The van der Waals surface area contributed by atoms with Crippen molar-refractivity contribution in [3.8, 4) is 0 Å². The molecule has 2 aromatic heterocycles. The molecule has 2 heterocycles. The molecule has 0 atom stereocenters. The van der Waals surface area contributed by atoms with Crippen LogP contribution in [0.4, 0.5) is 0 Å². The lowest BCUT2D eigenvalue weighted by Gasteiger charge is -1.88. The Morgan fingerprint density at radius 1 is 1.64 bits per heavy atom. The van der Waals surface area contributed by atoms with Gasteiger partial charge in [0.2, 0.25) is 0 Å². The number of fused-ring (bicyclic) bond motifs is 1. The summed E-state index contributed by atoms with van der Waals surface area (Å²) in [4.78, 5) is 11.3. The topological polar surface area (TPSA) is 43.1 Å². The van der Waals surface area contributed by atoms with E-state index in [1.165, 1.54) is 24.2 Å². The molecule has 0 saturated heterocycles. The van der Waals surface area contributed by atoms with Gasteiger partial charge in [-0.25, -0.2) is 0 Å². The maximum absolute atomic E-state index is 10.6. The zero-order valence-electron chi connectivity index (χ0n) is 7.53. The summed E-state index contributed by atoms with van der Waals surface area (Å²) in [5, 5.41) is 4.03. The lowest BCUT2D eigenvalue weighted by molar-refractivity contribution is 0.112. The highest BCUT2D eigenvalue weighted by Gasteiger charge is 2.25. The third-order valence-corrected chi connectivity index (χ3v) is 3.62. The van der Waals surface area contributed by atoms with E-state index in [1.807, 2.05) is 0 Å². The number of thiophene rings is 1. The van der Waals surface area contributed by atoms with Gasteiger partial charge in [0.05, 0.1) is 9.58 Å². The first-order valence-electron chi connectivity index (χ1n) is 4.70. The Morgan fingerprint density at radius 2 is 2.50 bits per heavy atom. The van der Waals surface area contributed by atoms with E-state index in [2.05, 4.69) is 5.16 Å². The molecule has 1 saturated carbocycles. The second kappa shape index (κ2) is 2.92. The largest absolute Gasteiger partial charge is 0.355 e. The Labute approximate surface area is 84.7 Å². The van der Waals surface area contributed by atoms with E-state index in [1.54, 1.807) is 6.07 Å². The smallest absolute Gasteiger partial charge is 0.178 e. The summed E-state index contributed by atoms with van der Waals surface area (Å²) in [5.74, 6) is 0.796. The second-order valence-corrected chi connectivity index (χ2v) is 4.82. The van der Waals surface area contributed by atoms with Crippen molar-refractivity contribution in [2.24, 2.45) is 5.92 Å². The predicted octanol–water partition coefficient (Wildman–Crippen LogP) is 2.65. The van der Waals surface area contributed by atoms with Crippen molar-refractivity contribution >= 4 is 27.9 Å². The highest BCUT2D eigenvalue weighted by Crippen LogP contribution is 2.36. The van der Waals surface area contributed by atoms with E-state index in [0.717, 1.165) is 39.5 Å². The van der Waals surface area contributed by atoms with Crippen LogP contribution in [-0.4, -0.2) is 11.4 Å². The zero-order valence-corrected chi connectivity index (χ0v) is 8.34. The molecule has 72 valence electrons. The molecule has 3 rings (SSSR count). The van der Waals surface area contributed by atoms with Crippen molar-refractivity contribution in [1.82, 2.24) is 5.16 Å². The molecule has 0 radical (unpaired) electrons. The molecule has 3 nitrogen and oxygen atoms in total. The third kappa shape index (κ3) is 1.26. The van der Waals surface area contributed by atoms with Gasteiger partial charge in [-0.05, 0) is 25.2 Å². The Kier molecular flexibility index (Phi) is 1.70. The van der Waals surface area contributed by atoms with E-state index < -0.39 is 0 Å². The second-order valence-electron chi connectivity index (χ2n) is 3.74. The van der Waals surface area contributed by atoms with Gasteiger partial charge in [0.15, 0.2) is 11.9 Å². The fraction of sp³-hybridized carbons (Fsp3) is 0.400. The molecule has 14 heavy (non-hydrogen) atoms. The van der Waals surface area contributed by atoms with E-state index in [9.17, 15) is 4.79 Å². The minimum absolute atomic E-state index is 0.721.